The van der Waals surface area contributed by atoms with Crippen molar-refractivity contribution in [2.45, 2.75) is 25.8 Å². The molecule has 0 aromatic heterocycles. The normalized spacial score (nSPS) is 38.2. The zero-order chi connectivity index (χ0) is 11.3. The van der Waals surface area contributed by atoms with E-state index in [9.17, 15) is 9.59 Å². The van der Waals surface area contributed by atoms with Crippen LogP contribution in [-0.4, -0.2) is 47.3 Å². The second-order valence-electron chi connectivity index (χ2n) is 5.05. The minimum Gasteiger partial charge on any atom is -0.301 e. The number of hydrogen-bond donors (Lipinski definition) is 0. The molecule has 0 aromatic carbocycles. The van der Waals surface area contributed by atoms with Crippen molar-refractivity contribution in [1.82, 2.24) is 9.80 Å². The summed E-state index contributed by atoms with van der Waals surface area (Å²) >= 11 is 0. The van der Waals surface area contributed by atoms with Crippen molar-refractivity contribution in [3.8, 4) is 0 Å². The second-order valence-corrected chi connectivity index (χ2v) is 5.05. The van der Waals surface area contributed by atoms with Crippen LogP contribution in [-0.2, 0) is 9.59 Å². The first-order valence-electron chi connectivity index (χ1n) is 5.95. The van der Waals surface area contributed by atoms with E-state index in [2.05, 4.69) is 4.90 Å². The Balaban J connectivity index is 1.84. The Morgan fingerprint density at radius 2 is 1.94 bits per heavy atom. The van der Waals surface area contributed by atoms with Gasteiger partial charge in [-0.3, -0.25) is 14.5 Å². The van der Waals surface area contributed by atoms with E-state index in [0.717, 1.165) is 32.5 Å². The fourth-order valence-electron chi connectivity index (χ4n) is 3.15. The average Bonchev–Trinajstić information content (AvgIpc) is 2.54. The summed E-state index contributed by atoms with van der Waals surface area (Å²) in [7, 11) is 0. The summed E-state index contributed by atoms with van der Waals surface area (Å²) in [5.74, 6) is 0.335. The number of nitrogens with zero attached hydrogens (tertiary/aromatic N) is 2. The van der Waals surface area contributed by atoms with Crippen LogP contribution in [0, 0.1) is 5.92 Å². The first-order chi connectivity index (χ1) is 7.66. The van der Waals surface area contributed by atoms with Crippen molar-refractivity contribution in [3.63, 3.8) is 0 Å². The summed E-state index contributed by atoms with van der Waals surface area (Å²) in [5, 5.41) is 0. The number of carbonyl (C=O) groups is 2. The Morgan fingerprint density at radius 3 is 2.38 bits per heavy atom. The molecule has 86 valence electrons. The number of rotatable bonds is 1. The summed E-state index contributed by atoms with van der Waals surface area (Å²) in [6.45, 7) is 4.86. The molecule has 4 heterocycles. The second kappa shape index (κ2) is 3.42. The van der Waals surface area contributed by atoms with Crippen molar-refractivity contribution in [1.29, 1.82) is 0 Å². The summed E-state index contributed by atoms with van der Waals surface area (Å²) in [6, 6.07) is 0.121. The summed E-state index contributed by atoms with van der Waals surface area (Å²) < 4.78 is 0. The lowest BCUT2D eigenvalue weighted by molar-refractivity contribution is -0.144. The van der Waals surface area contributed by atoms with E-state index in [-0.39, 0.29) is 17.9 Å². The van der Waals surface area contributed by atoms with Gasteiger partial charge in [-0.05, 0) is 38.8 Å². The van der Waals surface area contributed by atoms with Crippen LogP contribution in [0.15, 0.2) is 11.6 Å². The van der Waals surface area contributed by atoms with Crippen LogP contribution in [0.3, 0.4) is 0 Å². The lowest BCUT2D eigenvalue weighted by Crippen LogP contribution is -2.58. The van der Waals surface area contributed by atoms with Crippen molar-refractivity contribution < 1.29 is 9.59 Å². The van der Waals surface area contributed by atoms with Gasteiger partial charge in [-0.15, -0.1) is 0 Å². The molecule has 1 atom stereocenters. The third kappa shape index (κ3) is 1.33. The number of fused-ring (bicyclic) bond motifs is 3. The van der Waals surface area contributed by atoms with E-state index >= 15 is 0 Å². The third-order valence-electron chi connectivity index (χ3n) is 4.09. The lowest BCUT2D eigenvalue weighted by atomic mass is 9.83. The monoisotopic (exact) mass is 220 g/mol. The van der Waals surface area contributed by atoms with Crippen LogP contribution in [0.5, 0.6) is 0 Å². The molecule has 3 saturated heterocycles. The van der Waals surface area contributed by atoms with Gasteiger partial charge >= 0.3 is 0 Å². The highest BCUT2D eigenvalue weighted by atomic mass is 16.2. The maximum absolute atomic E-state index is 11.9. The largest absolute Gasteiger partial charge is 0.301 e. The predicted octanol–water partition coefficient (Wildman–Crippen LogP) is 0.396. The number of carbonyl (C=O) groups excluding carboxylic acids is 2. The van der Waals surface area contributed by atoms with Gasteiger partial charge in [0.2, 0.25) is 0 Å². The van der Waals surface area contributed by atoms with Crippen LogP contribution in [0.4, 0.5) is 0 Å². The van der Waals surface area contributed by atoms with Crippen LogP contribution in [0.1, 0.15) is 19.8 Å². The van der Waals surface area contributed by atoms with E-state index in [4.69, 9.17) is 0 Å². The number of piperidine rings is 3. The zero-order valence-corrected chi connectivity index (χ0v) is 9.48. The molecule has 0 aliphatic carbocycles. The van der Waals surface area contributed by atoms with Crippen molar-refractivity contribution in [3.05, 3.63) is 11.6 Å². The third-order valence-corrected chi connectivity index (χ3v) is 4.09. The van der Waals surface area contributed by atoms with Crippen molar-refractivity contribution in [2.24, 2.45) is 5.92 Å². The van der Waals surface area contributed by atoms with Gasteiger partial charge in [-0.25, -0.2) is 0 Å². The Hall–Kier alpha value is -1.16. The van der Waals surface area contributed by atoms with Gasteiger partial charge < -0.3 is 4.90 Å². The SMILES string of the molecule is CC1=CC(=O)N(C2CN3CCC2CC3)C1=O. The maximum Gasteiger partial charge on any atom is 0.256 e. The molecule has 2 bridgehead atoms. The van der Waals surface area contributed by atoms with Crippen molar-refractivity contribution >= 4 is 11.8 Å². The number of amides is 2. The Labute approximate surface area is 94.9 Å². The van der Waals surface area contributed by atoms with Gasteiger partial charge in [0.25, 0.3) is 11.8 Å². The number of hydrogen-bond acceptors (Lipinski definition) is 3. The average molecular weight is 220 g/mol. The van der Waals surface area contributed by atoms with E-state index in [1.807, 2.05) is 0 Å². The molecule has 4 nitrogen and oxygen atoms in total. The van der Waals surface area contributed by atoms with Gasteiger partial charge in [-0.2, -0.15) is 0 Å². The van der Waals surface area contributed by atoms with Crippen LogP contribution in [0.2, 0.25) is 0 Å². The summed E-state index contributed by atoms with van der Waals surface area (Å²) in [5.41, 5.74) is 0.585. The Kier molecular flexibility index (Phi) is 2.14. The molecule has 4 rings (SSSR count). The van der Waals surface area contributed by atoms with E-state index in [1.54, 1.807) is 6.92 Å². The molecule has 16 heavy (non-hydrogen) atoms. The van der Waals surface area contributed by atoms with Gasteiger partial charge in [0, 0.05) is 18.2 Å². The highest BCUT2D eigenvalue weighted by Crippen LogP contribution is 2.33. The van der Waals surface area contributed by atoms with Crippen LogP contribution in [0.25, 0.3) is 0 Å². The molecule has 4 aliphatic rings. The first-order valence-corrected chi connectivity index (χ1v) is 5.95. The van der Waals surface area contributed by atoms with Crippen LogP contribution >= 0.6 is 0 Å². The van der Waals surface area contributed by atoms with Gasteiger partial charge in [-0.1, -0.05) is 0 Å². The molecule has 3 fully saturated rings. The van der Waals surface area contributed by atoms with E-state index in [0.29, 0.717) is 11.5 Å². The van der Waals surface area contributed by atoms with Crippen molar-refractivity contribution in [2.75, 3.05) is 19.6 Å². The fraction of sp³-hybridized carbons (Fsp3) is 0.667. The molecule has 4 heteroatoms. The van der Waals surface area contributed by atoms with E-state index in [1.165, 1.54) is 11.0 Å². The van der Waals surface area contributed by atoms with Crippen LogP contribution < -0.4 is 0 Å². The fourth-order valence-corrected chi connectivity index (χ4v) is 3.15. The van der Waals surface area contributed by atoms with Gasteiger partial charge in [0.05, 0.1) is 6.04 Å². The molecule has 0 saturated carbocycles. The molecular weight excluding hydrogens is 204 g/mol. The summed E-state index contributed by atoms with van der Waals surface area (Å²) in [4.78, 5) is 27.5. The topological polar surface area (TPSA) is 40.6 Å². The zero-order valence-electron chi connectivity index (χ0n) is 9.48. The molecule has 0 radical (unpaired) electrons. The minimum absolute atomic E-state index is 0.0799. The predicted molar refractivity (Wildman–Crippen MR) is 58.6 cm³/mol. The molecule has 1 unspecified atom stereocenters. The lowest BCUT2D eigenvalue weighted by Gasteiger charge is -2.47. The molecule has 0 spiro atoms. The molecule has 2 amide bonds. The highest BCUT2D eigenvalue weighted by Gasteiger charge is 2.43. The van der Waals surface area contributed by atoms with E-state index < -0.39 is 0 Å². The maximum atomic E-state index is 11.9. The quantitative estimate of drug-likeness (QED) is 0.600. The molecular formula is C12H16N2O2. The summed E-state index contributed by atoms with van der Waals surface area (Å²) in [6.07, 6.45) is 3.72. The smallest absolute Gasteiger partial charge is 0.256 e. The molecule has 0 N–H and O–H groups in total. The highest BCUT2D eigenvalue weighted by molar-refractivity contribution is 6.16. The Bertz CT molecular complexity index is 380. The van der Waals surface area contributed by atoms with Gasteiger partial charge in [0.15, 0.2) is 0 Å². The molecule has 4 aliphatic heterocycles. The van der Waals surface area contributed by atoms with Gasteiger partial charge in [0.1, 0.15) is 0 Å². The Morgan fingerprint density at radius 1 is 1.25 bits per heavy atom. The first kappa shape index (κ1) is 10.0. The standard InChI is InChI=1S/C12H16N2O2/c1-8-6-11(15)14(12(8)16)10-7-13-4-2-9(10)3-5-13/h6,9-10H,2-5,7H2,1H3. The molecule has 0 aromatic rings. The minimum atomic E-state index is -0.110. The number of imide groups is 1.